The first kappa shape index (κ1) is 119. The zero-order chi connectivity index (χ0) is 94.8. The highest BCUT2D eigenvalue weighted by Gasteiger charge is 2.38. The van der Waals surface area contributed by atoms with E-state index in [9.17, 15) is 86.9 Å². The Hall–Kier alpha value is -8.06. The number of carbonyl (C=O) groups is 16. The molecule has 0 aliphatic rings. The van der Waals surface area contributed by atoms with Gasteiger partial charge in [-0.1, -0.05) is 129 Å². The molecule has 0 saturated heterocycles. The summed E-state index contributed by atoms with van der Waals surface area (Å²) in [6.45, 7) is 7.83. The molecule has 0 aromatic carbocycles. The van der Waals surface area contributed by atoms with E-state index >= 15 is 0 Å². The van der Waals surface area contributed by atoms with Gasteiger partial charge in [0.15, 0.2) is 0 Å². The van der Waals surface area contributed by atoms with Crippen molar-refractivity contribution in [2.75, 3.05) is 81.9 Å². The molecule has 0 fully saturated rings. The Labute approximate surface area is 761 Å². The van der Waals surface area contributed by atoms with Crippen LogP contribution in [0.5, 0.6) is 0 Å². The number of amides is 14. The van der Waals surface area contributed by atoms with Gasteiger partial charge in [-0.25, -0.2) is 0 Å². The van der Waals surface area contributed by atoms with E-state index in [1.807, 2.05) is 0 Å². The lowest BCUT2D eigenvalue weighted by Gasteiger charge is -2.28. The van der Waals surface area contributed by atoms with Gasteiger partial charge in [-0.2, -0.15) is 0 Å². The number of hydrogen-bond donors (Lipinski definition) is 23. The maximum atomic E-state index is 15.0. The van der Waals surface area contributed by atoms with Crippen LogP contribution in [0.25, 0.3) is 0 Å². The lowest BCUT2D eigenvalue weighted by Crippen LogP contribution is -2.61. The van der Waals surface area contributed by atoms with Crippen molar-refractivity contribution < 1.29 is 86.9 Å². The van der Waals surface area contributed by atoms with E-state index in [1.165, 1.54) is 64.7 Å². The molecule has 11 atom stereocenters. The average Bonchev–Trinajstić information content (AvgIpc) is 0.857. The van der Waals surface area contributed by atoms with Gasteiger partial charge in [-0.3, -0.25) is 76.7 Å². The summed E-state index contributed by atoms with van der Waals surface area (Å²) >= 11 is 1.92. The van der Waals surface area contributed by atoms with Gasteiger partial charge >= 0.3 is 11.9 Å². The predicted octanol–water partition coefficient (Wildman–Crippen LogP) is 1.22. The number of carboxylic acids is 2. The lowest BCUT2D eigenvalue weighted by molar-refractivity contribution is -0.142. The van der Waals surface area contributed by atoms with E-state index in [1.54, 1.807) is 0 Å². The van der Waals surface area contributed by atoms with Crippen LogP contribution < -0.4 is 115 Å². The molecule has 0 heterocycles. The number of unbranched alkanes of at least 4 members (excludes halogenated alkanes) is 25. The van der Waals surface area contributed by atoms with E-state index in [-0.39, 0.29) is 139 Å². The largest absolute Gasteiger partial charge is 0.481 e. The van der Waals surface area contributed by atoms with Gasteiger partial charge in [-0.05, 0) is 193 Å². The van der Waals surface area contributed by atoms with Gasteiger partial charge in [0.1, 0.15) is 66.5 Å². The summed E-state index contributed by atoms with van der Waals surface area (Å²) in [6, 6.07) is -16.8. The van der Waals surface area contributed by atoms with Crippen LogP contribution in [-0.2, 0) is 76.7 Å². The third-order valence-corrected chi connectivity index (χ3v) is 23.2. The van der Waals surface area contributed by atoms with Gasteiger partial charge in [0.05, 0.1) is 24.3 Å². The van der Waals surface area contributed by atoms with E-state index in [4.69, 9.17) is 45.9 Å². The Kier molecular flexibility index (Phi) is 72.9. The minimum absolute atomic E-state index is 0.0146. The molecule has 31 N–H and O–H groups in total. The fraction of sp³-hybridized carbons (Fsp3) is 0.814. The molecule has 14 amide bonds. The van der Waals surface area contributed by atoms with Crippen LogP contribution in [-0.4, -0.2) is 253 Å². The molecule has 0 bridgehead atoms. The Bertz CT molecular complexity index is 3160. The maximum absolute atomic E-state index is 15.0. The first-order valence-corrected chi connectivity index (χ1v) is 49.0. The molecule has 0 radical (unpaired) electrons. The molecule has 41 heteroatoms. The number of nitrogens with two attached hydrogens (primary N) is 8. The highest BCUT2D eigenvalue weighted by atomic mass is 32.2. The van der Waals surface area contributed by atoms with E-state index in [0.717, 1.165) is 87.7 Å². The fourth-order valence-corrected chi connectivity index (χ4v) is 15.5. The number of carbonyl (C=O) groups excluding carboxylic acids is 14. The van der Waals surface area contributed by atoms with Crippen molar-refractivity contribution in [2.24, 2.45) is 45.9 Å². The second-order valence-electron chi connectivity index (χ2n) is 32.5. The number of primary amides is 1. The summed E-state index contributed by atoms with van der Waals surface area (Å²) < 4.78 is 0. The van der Waals surface area contributed by atoms with Gasteiger partial charge in [-0.15, -0.1) is 23.5 Å². The van der Waals surface area contributed by atoms with Crippen LogP contribution in [0, 0.1) is 0 Å². The second-order valence-corrected chi connectivity index (χ2v) is 34.6. The van der Waals surface area contributed by atoms with Crippen LogP contribution in [0.4, 0.5) is 0 Å². The molecular weight excluding hydrogens is 1680 g/mol. The highest BCUT2D eigenvalue weighted by Crippen LogP contribution is 2.17. The van der Waals surface area contributed by atoms with Crippen molar-refractivity contribution in [3.63, 3.8) is 0 Å². The Morgan fingerprint density at radius 2 is 0.449 bits per heavy atom. The number of carboxylic acid groups (broad SMARTS) is 2. The smallest absolute Gasteiger partial charge is 0.305 e. The zero-order valence-corrected chi connectivity index (χ0v) is 77.9. The minimum Gasteiger partial charge on any atom is -0.481 e. The summed E-state index contributed by atoms with van der Waals surface area (Å²) in [5.41, 5.74) is 46.5. The van der Waals surface area contributed by atoms with E-state index < -0.39 is 174 Å². The number of aliphatic carboxylic acids is 2. The summed E-state index contributed by atoms with van der Waals surface area (Å²) in [7, 11) is 0. The van der Waals surface area contributed by atoms with E-state index in [0.29, 0.717) is 83.8 Å². The van der Waals surface area contributed by atoms with E-state index in [2.05, 4.69) is 83.0 Å². The molecule has 0 aliphatic heterocycles. The summed E-state index contributed by atoms with van der Waals surface area (Å²) in [5.74, 6) is -16.2. The minimum atomic E-state index is -2.06. The molecule has 0 rings (SSSR count). The van der Waals surface area contributed by atoms with Gasteiger partial charge in [0.25, 0.3) is 0 Å². The second kappa shape index (κ2) is 77.8. The lowest BCUT2D eigenvalue weighted by atomic mass is 10.0. The van der Waals surface area contributed by atoms with Gasteiger partial charge in [0.2, 0.25) is 82.7 Å². The third-order valence-electron chi connectivity index (χ3n) is 21.2. The van der Waals surface area contributed by atoms with Crippen LogP contribution in [0.15, 0.2) is 0 Å². The summed E-state index contributed by atoms with van der Waals surface area (Å²) in [6.07, 6.45) is 24.2. The Morgan fingerprint density at radius 3 is 0.677 bits per heavy atom. The number of nitrogens with one attached hydrogen (secondary N) is 13. The van der Waals surface area contributed by atoms with Crippen LogP contribution in [0.3, 0.4) is 0 Å². The first-order valence-electron chi connectivity index (χ1n) is 46.6. The van der Waals surface area contributed by atoms with Crippen LogP contribution in [0.1, 0.15) is 297 Å². The number of rotatable bonds is 84. The zero-order valence-electron chi connectivity index (χ0n) is 76.3. The molecule has 0 aliphatic carbocycles. The maximum Gasteiger partial charge on any atom is 0.305 e. The van der Waals surface area contributed by atoms with Crippen molar-refractivity contribution >= 4 is 118 Å². The summed E-state index contributed by atoms with van der Waals surface area (Å²) in [4.78, 5) is 221. The highest BCUT2D eigenvalue weighted by molar-refractivity contribution is 8.00. The summed E-state index contributed by atoms with van der Waals surface area (Å²) in [5, 5.41) is 54.5. The van der Waals surface area contributed by atoms with Gasteiger partial charge < -0.3 is 125 Å². The molecule has 0 saturated carbocycles. The molecule has 0 aromatic rings. The average molecular weight is 1840 g/mol. The van der Waals surface area contributed by atoms with Crippen LogP contribution in [0.2, 0.25) is 0 Å². The molecule has 732 valence electrons. The molecule has 127 heavy (non-hydrogen) atoms. The standard InChI is InChI=1S/C86H163N21O18S2/c1-4-6-8-10-12-14-16-18-20-36-52-95-72(109)58-126-56-70(76(94)115)106-82(121)66(43-27-34-50-92)103-84(123)68(54-74(111)112)104-81(120)65(42-26-33-49-91)102-85(124)69(55-75(113)114)105-86(125)71(57-127-59-73(110)96-53-37-21-19-17-15-13-11-9-7-5-2)107-83(122)67(44-28-35-51-93)101-80(119)64(41-25-32-48-90)100-79(118)63(40-24-31-47-89)99-78(117)62(39-23-30-46-88)98-77(116)61(97-60(3)108)38-22-29-45-87/h61-71H,4-59,87-93H2,1-3H3,(H2,94,115)(H,95,109)(H,96,110)(H,97,108)(H,98,116)(H,99,117)(H,100,118)(H,101,119)(H,102,124)(H,103,123)(H,104,120)(H,105,125)(H,106,121)(H,107,122)(H,111,112)(H,113,114)/t61-,62-,63-,64-,65-,66-,67-,68-,69-,70-,71-/m0/s1. The molecule has 0 spiro atoms. The fourth-order valence-electron chi connectivity index (χ4n) is 13.8. The Morgan fingerprint density at radius 1 is 0.252 bits per heavy atom. The van der Waals surface area contributed by atoms with Crippen molar-refractivity contribution in [3.05, 3.63) is 0 Å². The molecule has 39 nitrogen and oxygen atoms in total. The topological polar surface area (TPSA) is 678 Å². The predicted molar refractivity (Wildman–Crippen MR) is 495 cm³/mol. The SMILES string of the molecule is CCCCCCCCCCCCNC(=O)CSC[C@H](NC(=O)[C@H](CCCCN)NC(=O)[C@H](CC(=O)O)NC(=O)[C@H](CCCCN)NC(=O)[C@H](CC(=O)O)NC(=O)[C@H](CSCC(=O)NCCCCCCCCCCCC)NC(=O)[C@H](CCCCN)NC(=O)[C@H](CCCCN)NC(=O)[C@H](CCCCN)NC(=O)[C@H](CCCCN)NC(=O)[C@H](CCCCN)NC(C)=O)C(N)=O. The monoisotopic (exact) mass is 1840 g/mol. The van der Waals surface area contributed by atoms with Crippen molar-refractivity contribution in [3.8, 4) is 0 Å². The van der Waals surface area contributed by atoms with Crippen LogP contribution >= 0.6 is 23.5 Å². The van der Waals surface area contributed by atoms with Crippen molar-refractivity contribution in [2.45, 2.75) is 363 Å². The molecular formula is C86H163N21O18S2. The first-order chi connectivity index (χ1) is 61.0. The number of hydrogen-bond acceptors (Lipinski definition) is 25. The number of thioether (sulfide) groups is 2. The Balaban J connectivity index is 7.49. The normalized spacial score (nSPS) is 13.8. The van der Waals surface area contributed by atoms with Crippen molar-refractivity contribution in [1.82, 2.24) is 69.1 Å². The molecule has 0 aromatic heterocycles. The van der Waals surface area contributed by atoms with Gasteiger partial charge in [0, 0.05) is 31.5 Å². The van der Waals surface area contributed by atoms with Crippen molar-refractivity contribution in [1.29, 1.82) is 0 Å². The third kappa shape index (κ3) is 61.2. The molecule has 0 unspecified atom stereocenters. The quantitative estimate of drug-likeness (QED) is 0.0381.